The molecule has 3 nitrogen and oxygen atoms in total. The molecule has 0 spiro atoms. The molecule has 3 heteroatoms. The van der Waals surface area contributed by atoms with Crippen LogP contribution in [0.3, 0.4) is 0 Å². The maximum atomic E-state index is 12.5. The number of hydrogen-bond donors (Lipinski definition) is 0. The van der Waals surface area contributed by atoms with E-state index in [1.165, 1.54) is 36.8 Å². The van der Waals surface area contributed by atoms with Gasteiger partial charge < -0.3 is 4.90 Å². The fourth-order valence-electron chi connectivity index (χ4n) is 3.53. The van der Waals surface area contributed by atoms with Crippen molar-refractivity contribution >= 4 is 5.91 Å². The van der Waals surface area contributed by atoms with E-state index in [9.17, 15) is 4.79 Å². The second-order valence-corrected chi connectivity index (χ2v) is 6.92. The van der Waals surface area contributed by atoms with Crippen LogP contribution in [0.4, 0.5) is 0 Å². The van der Waals surface area contributed by atoms with Gasteiger partial charge >= 0.3 is 0 Å². The van der Waals surface area contributed by atoms with E-state index in [0.29, 0.717) is 25.0 Å². The lowest BCUT2D eigenvalue weighted by molar-refractivity contribution is -0.132. The largest absolute Gasteiger partial charge is 0.340 e. The first-order chi connectivity index (χ1) is 10.5. The molecule has 0 heterocycles. The number of hydrogen-bond acceptors (Lipinski definition) is 2. The summed E-state index contributed by atoms with van der Waals surface area (Å²) in [4.78, 5) is 16.6. The number of nitrogens with zero attached hydrogens (tertiary/aromatic N) is 2. The van der Waals surface area contributed by atoms with Crippen LogP contribution in [-0.4, -0.2) is 42.4 Å². The average molecular weight is 302 g/mol. The number of likely N-dealkylation sites (N-methyl/N-ethyl adjacent to an activating group) is 2. The smallest absolute Gasteiger partial charge is 0.236 e. The van der Waals surface area contributed by atoms with Crippen LogP contribution in [0.15, 0.2) is 24.3 Å². The second kappa shape index (κ2) is 7.77. The van der Waals surface area contributed by atoms with Gasteiger partial charge in [0, 0.05) is 19.6 Å². The molecule has 0 aliphatic heterocycles. The molecule has 0 N–H and O–H groups in total. The third kappa shape index (κ3) is 4.33. The van der Waals surface area contributed by atoms with Gasteiger partial charge in [0.25, 0.3) is 0 Å². The molecule has 1 aliphatic rings. The predicted octanol–water partition coefficient (Wildman–Crippen LogP) is 3.46. The molecular weight excluding hydrogens is 272 g/mol. The van der Waals surface area contributed by atoms with Gasteiger partial charge in [0.05, 0.1) is 6.54 Å². The Hall–Kier alpha value is -1.35. The van der Waals surface area contributed by atoms with Crippen molar-refractivity contribution in [1.29, 1.82) is 0 Å². The van der Waals surface area contributed by atoms with Crippen LogP contribution < -0.4 is 0 Å². The summed E-state index contributed by atoms with van der Waals surface area (Å²) >= 11 is 0. The van der Waals surface area contributed by atoms with Crippen molar-refractivity contribution in [2.45, 2.75) is 52.1 Å². The molecule has 1 amide bonds. The maximum absolute atomic E-state index is 12.5. The first-order valence-corrected chi connectivity index (χ1v) is 8.47. The molecule has 0 aromatic heterocycles. The summed E-state index contributed by atoms with van der Waals surface area (Å²) in [6.07, 6.45) is 5.16. The van der Waals surface area contributed by atoms with Crippen LogP contribution in [0.25, 0.3) is 0 Å². The summed E-state index contributed by atoms with van der Waals surface area (Å²) in [6.45, 7) is 5.64. The highest BCUT2D eigenvalue weighted by Crippen LogP contribution is 2.27. The van der Waals surface area contributed by atoms with Crippen LogP contribution in [0, 0.1) is 12.8 Å². The van der Waals surface area contributed by atoms with E-state index in [2.05, 4.69) is 37.9 Å². The number of carbonyl (C=O) groups excluding carboxylic acids is 1. The summed E-state index contributed by atoms with van der Waals surface area (Å²) in [5.41, 5.74) is 2.48. The van der Waals surface area contributed by atoms with Crippen LogP contribution >= 0.6 is 0 Å². The average Bonchev–Trinajstić information content (AvgIpc) is 2.49. The van der Waals surface area contributed by atoms with Crippen molar-refractivity contribution in [3.8, 4) is 0 Å². The monoisotopic (exact) mass is 302 g/mol. The summed E-state index contributed by atoms with van der Waals surface area (Å²) in [7, 11) is 4.01. The Morgan fingerprint density at radius 1 is 1.18 bits per heavy atom. The minimum absolute atomic E-state index is 0.212. The van der Waals surface area contributed by atoms with Gasteiger partial charge in [-0.2, -0.15) is 0 Å². The molecule has 1 saturated carbocycles. The molecule has 2 atom stereocenters. The van der Waals surface area contributed by atoms with E-state index in [1.54, 1.807) is 0 Å². The zero-order valence-electron chi connectivity index (χ0n) is 14.5. The van der Waals surface area contributed by atoms with Crippen LogP contribution in [0.1, 0.15) is 43.7 Å². The van der Waals surface area contributed by atoms with E-state index in [-0.39, 0.29) is 5.91 Å². The SMILES string of the molecule is Cc1ccccc1CN(C)C(=O)CN(C)C1CCCCC1C. The van der Waals surface area contributed by atoms with Crippen molar-refractivity contribution in [1.82, 2.24) is 9.80 Å². The molecular formula is C19H30N2O. The number of aryl methyl sites for hydroxylation is 1. The van der Waals surface area contributed by atoms with Crippen LogP contribution in [-0.2, 0) is 11.3 Å². The van der Waals surface area contributed by atoms with Gasteiger partial charge in [-0.3, -0.25) is 9.69 Å². The lowest BCUT2D eigenvalue weighted by atomic mass is 9.85. The van der Waals surface area contributed by atoms with Gasteiger partial charge in [0.15, 0.2) is 0 Å². The first kappa shape index (κ1) is 17.0. The fraction of sp³-hybridized carbons (Fsp3) is 0.632. The van der Waals surface area contributed by atoms with Crippen LogP contribution in [0.2, 0.25) is 0 Å². The molecule has 2 rings (SSSR count). The highest BCUT2D eigenvalue weighted by molar-refractivity contribution is 5.78. The highest BCUT2D eigenvalue weighted by Gasteiger charge is 2.26. The van der Waals surface area contributed by atoms with Gasteiger partial charge in [0.1, 0.15) is 0 Å². The minimum Gasteiger partial charge on any atom is -0.340 e. The molecule has 122 valence electrons. The Kier molecular flexibility index (Phi) is 6.01. The van der Waals surface area contributed by atoms with E-state index in [0.717, 1.165) is 0 Å². The summed E-state index contributed by atoms with van der Waals surface area (Å²) < 4.78 is 0. The Morgan fingerprint density at radius 3 is 2.55 bits per heavy atom. The first-order valence-electron chi connectivity index (χ1n) is 8.47. The quantitative estimate of drug-likeness (QED) is 0.831. The standard InChI is InChI=1S/C19H30N2O/c1-15-9-5-7-11-17(15)13-21(4)19(22)14-20(3)18-12-8-6-10-16(18)2/h5,7,9,11,16,18H,6,8,10,12-14H2,1-4H3. The number of benzene rings is 1. The molecule has 0 radical (unpaired) electrons. The van der Waals surface area contributed by atoms with Crippen molar-refractivity contribution in [2.24, 2.45) is 5.92 Å². The van der Waals surface area contributed by atoms with Gasteiger partial charge in [-0.15, -0.1) is 0 Å². The zero-order chi connectivity index (χ0) is 16.1. The molecule has 1 aromatic rings. The minimum atomic E-state index is 0.212. The van der Waals surface area contributed by atoms with Crippen molar-refractivity contribution in [2.75, 3.05) is 20.6 Å². The fourth-order valence-corrected chi connectivity index (χ4v) is 3.53. The van der Waals surface area contributed by atoms with E-state index in [1.807, 2.05) is 24.1 Å². The Labute approximate surface area is 135 Å². The molecule has 22 heavy (non-hydrogen) atoms. The Bertz CT molecular complexity index is 500. The maximum Gasteiger partial charge on any atom is 0.236 e. The van der Waals surface area contributed by atoms with Crippen molar-refractivity contribution in [3.05, 3.63) is 35.4 Å². The molecule has 1 aromatic carbocycles. The van der Waals surface area contributed by atoms with E-state index >= 15 is 0 Å². The lowest BCUT2D eigenvalue weighted by Gasteiger charge is -2.36. The summed E-state index contributed by atoms with van der Waals surface area (Å²) in [6, 6.07) is 8.84. The van der Waals surface area contributed by atoms with E-state index < -0.39 is 0 Å². The molecule has 1 fully saturated rings. The number of carbonyl (C=O) groups is 1. The third-order valence-corrected chi connectivity index (χ3v) is 5.11. The normalized spacial score (nSPS) is 21.9. The van der Waals surface area contributed by atoms with Gasteiger partial charge in [-0.25, -0.2) is 0 Å². The van der Waals surface area contributed by atoms with Crippen LogP contribution in [0.5, 0.6) is 0 Å². The van der Waals surface area contributed by atoms with E-state index in [4.69, 9.17) is 0 Å². The molecule has 0 bridgehead atoms. The Morgan fingerprint density at radius 2 is 1.86 bits per heavy atom. The predicted molar refractivity (Wildman–Crippen MR) is 91.7 cm³/mol. The molecule has 2 unspecified atom stereocenters. The summed E-state index contributed by atoms with van der Waals surface area (Å²) in [5.74, 6) is 0.914. The zero-order valence-corrected chi connectivity index (χ0v) is 14.5. The highest BCUT2D eigenvalue weighted by atomic mass is 16.2. The Balaban J connectivity index is 1.89. The number of amides is 1. The molecule has 1 aliphatic carbocycles. The number of rotatable bonds is 5. The van der Waals surface area contributed by atoms with Gasteiger partial charge in [-0.1, -0.05) is 44.0 Å². The van der Waals surface area contributed by atoms with Crippen molar-refractivity contribution in [3.63, 3.8) is 0 Å². The van der Waals surface area contributed by atoms with Gasteiger partial charge in [-0.05, 0) is 43.9 Å². The summed E-state index contributed by atoms with van der Waals surface area (Å²) in [5, 5.41) is 0. The topological polar surface area (TPSA) is 23.6 Å². The van der Waals surface area contributed by atoms with Gasteiger partial charge in [0.2, 0.25) is 5.91 Å². The second-order valence-electron chi connectivity index (χ2n) is 6.92. The lowest BCUT2D eigenvalue weighted by Crippen LogP contribution is -2.44. The third-order valence-electron chi connectivity index (χ3n) is 5.11. The molecule has 0 saturated heterocycles. The van der Waals surface area contributed by atoms with Crippen molar-refractivity contribution < 1.29 is 4.79 Å².